The molecular formula is C13H8Cl2OS. The van der Waals surface area contributed by atoms with Gasteiger partial charge in [0.2, 0.25) is 0 Å². The fourth-order valence-electron chi connectivity index (χ4n) is 1.93. The maximum Gasteiger partial charge on any atom is 0.138 e. The molecule has 0 amide bonds. The molecule has 0 aliphatic carbocycles. The van der Waals surface area contributed by atoms with Gasteiger partial charge in [-0.2, -0.15) is 0 Å². The molecule has 0 atom stereocenters. The van der Waals surface area contributed by atoms with E-state index in [1.807, 2.05) is 18.4 Å². The van der Waals surface area contributed by atoms with Crippen molar-refractivity contribution in [2.45, 2.75) is 4.90 Å². The molecule has 17 heavy (non-hydrogen) atoms. The molecule has 2 aromatic carbocycles. The van der Waals surface area contributed by atoms with Crippen LogP contribution >= 0.6 is 35.0 Å². The molecule has 1 heterocycles. The summed E-state index contributed by atoms with van der Waals surface area (Å²) in [6.45, 7) is 0. The Morgan fingerprint density at radius 3 is 2.65 bits per heavy atom. The summed E-state index contributed by atoms with van der Waals surface area (Å²) in [4.78, 5) is 1.19. The zero-order valence-corrected chi connectivity index (χ0v) is 11.3. The summed E-state index contributed by atoms with van der Waals surface area (Å²) in [5.74, 6) is 0. The highest BCUT2D eigenvalue weighted by molar-refractivity contribution is 7.98. The first-order valence-electron chi connectivity index (χ1n) is 5.04. The van der Waals surface area contributed by atoms with E-state index in [1.165, 1.54) is 4.90 Å². The Morgan fingerprint density at radius 2 is 1.88 bits per heavy atom. The lowest BCUT2D eigenvalue weighted by molar-refractivity contribution is 0.668. The van der Waals surface area contributed by atoms with Crippen molar-refractivity contribution < 1.29 is 4.42 Å². The summed E-state index contributed by atoms with van der Waals surface area (Å²) in [6, 6.07) is 9.62. The molecule has 4 heteroatoms. The quantitative estimate of drug-likeness (QED) is 0.538. The van der Waals surface area contributed by atoms with E-state index in [4.69, 9.17) is 27.6 Å². The van der Waals surface area contributed by atoms with Gasteiger partial charge in [-0.25, -0.2) is 0 Å². The van der Waals surface area contributed by atoms with Gasteiger partial charge in [-0.15, -0.1) is 11.8 Å². The van der Waals surface area contributed by atoms with Gasteiger partial charge in [0.05, 0.1) is 5.02 Å². The van der Waals surface area contributed by atoms with Crippen molar-refractivity contribution in [1.29, 1.82) is 0 Å². The molecule has 3 rings (SSSR count). The van der Waals surface area contributed by atoms with Crippen LogP contribution in [0.4, 0.5) is 0 Å². The van der Waals surface area contributed by atoms with Crippen LogP contribution in [0.1, 0.15) is 0 Å². The molecule has 0 unspecified atom stereocenters. The van der Waals surface area contributed by atoms with E-state index >= 15 is 0 Å². The fraction of sp³-hybridized carbons (Fsp3) is 0.0769. The van der Waals surface area contributed by atoms with Crippen LogP contribution in [0.15, 0.2) is 39.6 Å². The molecule has 0 saturated heterocycles. The highest BCUT2D eigenvalue weighted by Crippen LogP contribution is 2.37. The van der Waals surface area contributed by atoms with Crippen molar-refractivity contribution in [2.24, 2.45) is 0 Å². The third-order valence-corrected chi connectivity index (χ3v) is 3.94. The topological polar surface area (TPSA) is 13.1 Å². The fourth-order valence-corrected chi connectivity index (χ4v) is 2.95. The number of fused-ring (bicyclic) bond motifs is 3. The van der Waals surface area contributed by atoms with Gasteiger partial charge in [0.15, 0.2) is 0 Å². The number of thioether (sulfide) groups is 1. The minimum Gasteiger partial charge on any atom is -0.456 e. The number of furan rings is 1. The molecule has 1 aromatic heterocycles. The van der Waals surface area contributed by atoms with Crippen LogP contribution in [0.2, 0.25) is 10.0 Å². The lowest BCUT2D eigenvalue weighted by Crippen LogP contribution is -1.72. The van der Waals surface area contributed by atoms with Crippen LogP contribution in [0.5, 0.6) is 0 Å². The first-order valence-corrected chi connectivity index (χ1v) is 7.02. The number of rotatable bonds is 1. The Hall–Kier alpha value is -0.830. The second kappa shape index (κ2) is 4.13. The summed E-state index contributed by atoms with van der Waals surface area (Å²) in [5.41, 5.74) is 1.57. The van der Waals surface area contributed by atoms with Gasteiger partial charge in [-0.05, 0) is 30.5 Å². The van der Waals surface area contributed by atoms with E-state index in [2.05, 4.69) is 6.07 Å². The van der Waals surface area contributed by atoms with Gasteiger partial charge in [-0.3, -0.25) is 0 Å². The van der Waals surface area contributed by atoms with E-state index in [9.17, 15) is 0 Å². The summed E-state index contributed by atoms with van der Waals surface area (Å²) in [5, 5.41) is 3.19. The third-order valence-electron chi connectivity index (χ3n) is 2.69. The number of hydrogen-bond donors (Lipinski definition) is 0. The van der Waals surface area contributed by atoms with Crippen molar-refractivity contribution in [3.05, 3.63) is 40.4 Å². The number of hydrogen-bond acceptors (Lipinski definition) is 2. The Morgan fingerprint density at radius 1 is 1.06 bits per heavy atom. The SMILES string of the molecule is CSc1ccc2oc3cc(Cl)cc(Cl)c3c2c1. The summed E-state index contributed by atoms with van der Waals surface area (Å²) < 4.78 is 5.74. The van der Waals surface area contributed by atoms with Gasteiger partial charge in [-0.1, -0.05) is 23.2 Å². The first kappa shape index (κ1) is 11.3. The monoisotopic (exact) mass is 282 g/mol. The number of halogens is 2. The minimum atomic E-state index is 0.589. The van der Waals surface area contributed by atoms with Gasteiger partial charge < -0.3 is 4.42 Å². The Kier molecular flexibility index (Phi) is 2.74. The molecule has 1 nitrogen and oxygen atoms in total. The van der Waals surface area contributed by atoms with Gasteiger partial charge >= 0.3 is 0 Å². The van der Waals surface area contributed by atoms with E-state index < -0.39 is 0 Å². The minimum absolute atomic E-state index is 0.589. The molecule has 0 spiro atoms. The van der Waals surface area contributed by atoms with Crippen molar-refractivity contribution in [3.8, 4) is 0 Å². The molecule has 0 saturated carbocycles. The van der Waals surface area contributed by atoms with Crippen LogP contribution in [0, 0.1) is 0 Å². The highest BCUT2D eigenvalue weighted by Gasteiger charge is 2.11. The average Bonchev–Trinajstić information content (AvgIpc) is 2.65. The van der Waals surface area contributed by atoms with Crippen molar-refractivity contribution in [3.63, 3.8) is 0 Å². The molecule has 0 N–H and O–H groups in total. The van der Waals surface area contributed by atoms with Gasteiger partial charge in [0, 0.05) is 26.8 Å². The Balaban J connectivity index is 2.48. The predicted octanol–water partition coefficient (Wildman–Crippen LogP) is 5.61. The van der Waals surface area contributed by atoms with Crippen LogP contribution in [0.3, 0.4) is 0 Å². The molecule has 0 bridgehead atoms. The van der Waals surface area contributed by atoms with Crippen LogP contribution in [-0.2, 0) is 0 Å². The standard InChI is InChI=1S/C13H8Cl2OS/c1-17-8-2-3-11-9(6-8)13-10(15)4-7(14)5-12(13)16-11/h2-6H,1H3. The Bertz CT molecular complexity index is 718. The smallest absolute Gasteiger partial charge is 0.138 e. The second-order valence-electron chi connectivity index (χ2n) is 3.72. The van der Waals surface area contributed by atoms with Crippen molar-refractivity contribution in [2.75, 3.05) is 6.26 Å². The molecule has 0 aliphatic rings. The normalized spacial score (nSPS) is 11.5. The molecule has 86 valence electrons. The van der Waals surface area contributed by atoms with E-state index in [-0.39, 0.29) is 0 Å². The molecule has 0 radical (unpaired) electrons. The highest BCUT2D eigenvalue weighted by atomic mass is 35.5. The lowest BCUT2D eigenvalue weighted by atomic mass is 10.1. The molecule has 0 fully saturated rings. The van der Waals surface area contributed by atoms with Crippen LogP contribution < -0.4 is 0 Å². The van der Waals surface area contributed by atoms with Crippen LogP contribution in [-0.4, -0.2) is 6.26 Å². The zero-order valence-electron chi connectivity index (χ0n) is 8.96. The van der Waals surface area contributed by atoms with Crippen molar-refractivity contribution in [1.82, 2.24) is 0 Å². The van der Waals surface area contributed by atoms with E-state index in [1.54, 1.807) is 23.9 Å². The predicted molar refractivity (Wildman–Crippen MR) is 75.5 cm³/mol. The average molecular weight is 283 g/mol. The molecule has 3 aromatic rings. The van der Waals surface area contributed by atoms with Crippen LogP contribution in [0.25, 0.3) is 21.9 Å². The largest absolute Gasteiger partial charge is 0.456 e. The zero-order chi connectivity index (χ0) is 12.0. The van der Waals surface area contributed by atoms with Gasteiger partial charge in [0.25, 0.3) is 0 Å². The summed E-state index contributed by atoms with van der Waals surface area (Å²) >= 11 is 13.9. The maximum absolute atomic E-state index is 6.23. The summed E-state index contributed by atoms with van der Waals surface area (Å²) in [7, 11) is 0. The van der Waals surface area contributed by atoms with E-state index in [0.717, 1.165) is 21.9 Å². The maximum atomic E-state index is 6.23. The second-order valence-corrected chi connectivity index (χ2v) is 5.45. The molecule has 0 aliphatic heterocycles. The Labute approximate surface area is 113 Å². The van der Waals surface area contributed by atoms with Gasteiger partial charge in [0.1, 0.15) is 11.2 Å². The van der Waals surface area contributed by atoms with E-state index in [0.29, 0.717) is 10.0 Å². The lowest BCUT2D eigenvalue weighted by Gasteiger charge is -1.97. The summed E-state index contributed by atoms with van der Waals surface area (Å²) in [6.07, 6.45) is 2.04. The van der Waals surface area contributed by atoms with Crippen molar-refractivity contribution >= 4 is 56.9 Å². The first-order chi connectivity index (χ1) is 8.19. The molecular weight excluding hydrogens is 275 g/mol. The number of benzene rings is 2. The third kappa shape index (κ3) is 1.81.